The van der Waals surface area contributed by atoms with Crippen LogP contribution in [-0.4, -0.2) is 30.5 Å². The van der Waals surface area contributed by atoms with Crippen molar-refractivity contribution >= 4 is 46.9 Å². The van der Waals surface area contributed by atoms with Crippen molar-refractivity contribution in [2.24, 2.45) is 5.10 Å². The monoisotopic (exact) mass is 478 g/mol. The van der Waals surface area contributed by atoms with Gasteiger partial charge in [-0.05, 0) is 55.8 Å². The molecule has 0 aliphatic rings. The Labute approximate surface area is 202 Å². The maximum absolute atomic E-state index is 12.2. The van der Waals surface area contributed by atoms with Crippen LogP contribution in [-0.2, 0) is 14.4 Å². The highest BCUT2D eigenvalue weighted by atomic mass is 35.5. The molecule has 3 N–H and O–H groups in total. The summed E-state index contributed by atoms with van der Waals surface area (Å²) < 4.78 is 5.59. The summed E-state index contributed by atoms with van der Waals surface area (Å²) in [5.74, 6) is -1.78. The minimum Gasteiger partial charge on any atom is -0.483 e. The number of hydrogen-bond acceptors (Lipinski definition) is 5. The number of ether oxygens (including phenoxy) is 1. The molecule has 0 saturated heterocycles. The van der Waals surface area contributed by atoms with Crippen LogP contribution in [0.4, 0.5) is 11.4 Å². The van der Waals surface area contributed by atoms with Gasteiger partial charge in [-0.25, -0.2) is 5.43 Å². The second-order valence-corrected chi connectivity index (χ2v) is 7.77. The zero-order chi connectivity index (χ0) is 24.5. The van der Waals surface area contributed by atoms with Gasteiger partial charge in [-0.2, -0.15) is 5.10 Å². The molecule has 0 aliphatic heterocycles. The average Bonchev–Trinajstić information content (AvgIpc) is 2.82. The van der Waals surface area contributed by atoms with Crippen molar-refractivity contribution < 1.29 is 19.1 Å². The number of hydrazone groups is 1. The molecule has 0 saturated carbocycles. The normalized spacial score (nSPS) is 10.6. The number of carbonyl (C=O) groups is 3. The number of carbonyl (C=O) groups excluding carboxylic acids is 3. The van der Waals surface area contributed by atoms with Gasteiger partial charge in [-0.3, -0.25) is 14.4 Å². The highest BCUT2D eigenvalue weighted by molar-refractivity contribution is 6.39. The molecule has 0 heterocycles. The Hall–Kier alpha value is -4.17. The van der Waals surface area contributed by atoms with Gasteiger partial charge < -0.3 is 15.4 Å². The third-order valence-corrected chi connectivity index (χ3v) is 5.03. The van der Waals surface area contributed by atoms with E-state index in [-0.39, 0.29) is 12.5 Å². The first-order chi connectivity index (χ1) is 16.3. The Kier molecular flexibility index (Phi) is 8.37. The SMILES string of the molecule is Cc1ccc(NC(=O)COc2ccccc2/C=N\NC(=O)C(=O)Nc2ccc(C)c(Cl)c2)cc1. The fraction of sp³-hybridized carbons (Fsp3) is 0.120. The van der Waals surface area contributed by atoms with Crippen molar-refractivity contribution in [1.82, 2.24) is 5.43 Å². The van der Waals surface area contributed by atoms with Gasteiger partial charge in [0.1, 0.15) is 5.75 Å². The molecule has 0 unspecified atom stereocenters. The van der Waals surface area contributed by atoms with Crippen LogP contribution in [0.5, 0.6) is 5.75 Å². The Morgan fingerprint density at radius 2 is 1.62 bits per heavy atom. The van der Waals surface area contributed by atoms with Crippen molar-refractivity contribution in [2.45, 2.75) is 13.8 Å². The summed E-state index contributed by atoms with van der Waals surface area (Å²) in [4.78, 5) is 36.3. The molecule has 9 heteroatoms. The number of benzene rings is 3. The van der Waals surface area contributed by atoms with Crippen molar-refractivity contribution in [3.8, 4) is 5.75 Å². The number of anilines is 2. The van der Waals surface area contributed by atoms with Crippen LogP contribution in [0, 0.1) is 13.8 Å². The maximum Gasteiger partial charge on any atom is 0.329 e. The number of halogens is 1. The van der Waals surface area contributed by atoms with Crippen LogP contribution in [0.25, 0.3) is 0 Å². The molecule has 34 heavy (non-hydrogen) atoms. The van der Waals surface area contributed by atoms with E-state index in [2.05, 4.69) is 21.2 Å². The average molecular weight is 479 g/mol. The molecule has 0 bridgehead atoms. The summed E-state index contributed by atoms with van der Waals surface area (Å²) in [6.07, 6.45) is 1.32. The van der Waals surface area contributed by atoms with Gasteiger partial charge in [0.2, 0.25) is 0 Å². The summed E-state index contributed by atoms with van der Waals surface area (Å²) in [7, 11) is 0. The van der Waals surface area contributed by atoms with Crippen LogP contribution in [0.15, 0.2) is 71.8 Å². The van der Waals surface area contributed by atoms with Crippen molar-refractivity contribution in [2.75, 3.05) is 17.2 Å². The largest absolute Gasteiger partial charge is 0.483 e. The van der Waals surface area contributed by atoms with E-state index in [1.165, 1.54) is 6.21 Å². The van der Waals surface area contributed by atoms with Crippen molar-refractivity contribution in [3.63, 3.8) is 0 Å². The van der Waals surface area contributed by atoms with Gasteiger partial charge in [0, 0.05) is 22.0 Å². The lowest BCUT2D eigenvalue weighted by Crippen LogP contribution is -2.32. The topological polar surface area (TPSA) is 109 Å². The minimum absolute atomic E-state index is 0.216. The molecule has 0 aromatic heterocycles. The zero-order valence-corrected chi connectivity index (χ0v) is 19.3. The van der Waals surface area contributed by atoms with E-state index in [1.807, 2.05) is 26.0 Å². The van der Waals surface area contributed by atoms with Gasteiger partial charge >= 0.3 is 11.8 Å². The van der Waals surface area contributed by atoms with Gasteiger partial charge in [0.05, 0.1) is 6.21 Å². The molecule has 3 rings (SSSR count). The number of para-hydroxylation sites is 1. The molecule has 3 aromatic rings. The van der Waals surface area contributed by atoms with Gasteiger partial charge in [0.25, 0.3) is 5.91 Å². The van der Waals surface area contributed by atoms with Crippen LogP contribution in [0.1, 0.15) is 16.7 Å². The second kappa shape index (κ2) is 11.6. The summed E-state index contributed by atoms with van der Waals surface area (Å²) in [5, 5.41) is 9.48. The van der Waals surface area contributed by atoms with Gasteiger partial charge in [-0.15, -0.1) is 0 Å². The van der Waals surface area contributed by atoms with Crippen LogP contribution >= 0.6 is 11.6 Å². The molecule has 174 valence electrons. The lowest BCUT2D eigenvalue weighted by Gasteiger charge is -2.10. The van der Waals surface area contributed by atoms with E-state index in [9.17, 15) is 14.4 Å². The Morgan fingerprint density at radius 1 is 0.912 bits per heavy atom. The minimum atomic E-state index is -0.955. The number of nitrogens with zero attached hydrogens (tertiary/aromatic N) is 1. The molecule has 3 aromatic carbocycles. The Morgan fingerprint density at radius 3 is 2.35 bits per heavy atom. The first kappa shape index (κ1) is 24.5. The van der Waals surface area contributed by atoms with E-state index in [0.717, 1.165) is 11.1 Å². The van der Waals surface area contributed by atoms with E-state index in [1.54, 1.807) is 54.6 Å². The fourth-order valence-corrected chi connectivity index (χ4v) is 2.95. The van der Waals surface area contributed by atoms with Gasteiger partial charge in [0.15, 0.2) is 6.61 Å². The smallest absolute Gasteiger partial charge is 0.329 e. The molecule has 3 amide bonds. The quantitative estimate of drug-likeness (QED) is 0.270. The van der Waals surface area contributed by atoms with E-state index >= 15 is 0 Å². The molecule has 0 fully saturated rings. The third kappa shape index (κ3) is 7.18. The van der Waals surface area contributed by atoms with Crippen molar-refractivity contribution in [3.05, 3.63) is 88.4 Å². The van der Waals surface area contributed by atoms with Crippen molar-refractivity contribution in [1.29, 1.82) is 0 Å². The standard InChI is InChI=1S/C25H23ClN4O4/c1-16-7-10-19(11-8-16)28-23(31)15-34-22-6-4-3-5-18(22)14-27-30-25(33)24(32)29-20-12-9-17(2)21(26)13-20/h3-14H,15H2,1-2H3,(H,28,31)(H,29,32)(H,30,33)/b27-14-. The van der Waals surface area contributed by atoms with E-state index in [0.29, 0.717) is 27.7 Å². The summed E-state index contributed by atoms with van der Waals surface area (Å²) in [6, 6.07) is 19.2. The number of hydrogen-bond donors (Lipinski definition) is 3. The Balaban J connectivity index is 1.53. The number of amides is 3. The third-order valence-electron chi connectivity index (χ3n) is 4.62. The maximum atomic E-state index is 12.2. The number of nitrogens with one attached hydrogen (secondary N) is 3. The number of rotatable bonds is 7. The van der Waals surface area contributed by atoms with E-state index < -0.39 is 11.8 Å². The molecule has 0 atom stereocenters. The van der Waals surface area contributed by atoms with E-state index in [4.69, 9.17) is 16.3 Å². The lowest BCUT2D eigenvalue weighted by atomic mass is 10.2. The zero-order valence-electron chi connectivity index (χ0n) is 18.6. The van der Waals surface area contributed by atoms with Crippen LogP contribution in [0.3, 0.4) is 0 Å². The Bertz CT molecular complexity index is 1230. The molecule has 8 nitrogen and oxygen atoms in total. The molecular weight excluding hydrogens is 456 g/mol. The molecule has 0 spiro atoms. The second-order valence-electron chi connectivity index (χ2n) is 7.36. The van der Waals surface area contributed by atoms with Crippen LogP contribution in [0.2, 0.25) is 5.02 Å². The first-order valence-corrected chi connectivity index (χ1v) is 10.7. The summed E-state index contributed by atoms with van der Waals surface area (Å²) in [6.45, 7) is 3.57. The predicted molar refractivity (Wildman–Crippen MR) is 132 cm³/mol. The first-order valence-electron chi connectivity index (χ1n) is 10.3. The summed E-state index contributed by atoms with van der Waals surface area (Å²) in [5.41, 5.74) is 5.67. The van der Waals surface area contributed by atoms with Gasteiger partial charge in [-0.1, -0.05) is 47.5 Å². The fourth-order valence-electron chi connectivity index (χ4n) is 2.77. The molecule has 0 aliphatic carbocycles. The lowest BCUT2D eigenvalue weighted by molar-refractivity contribution is -0.136. The number of aryl methyl sites for hydroxylation is 2. The highest BCUT2D eigenvalue weighted by Gasteiger charge is 2.13. The molecular formula is C25H23ClN4O4. The predicted octanol–water partition coefficient (Wildman–Crippen LogP) is 4.06. The van der Waals surface area contributed by atoms with Crippen LogP contribution < -0.4 is 20.8 Å². The molecule has 0 radical (unpaired) electrons. The summed E-state index contributed by atoms with van der Waals surface area (Å²) >= 11 is 6.02. The highest BCUT2D eigenvalue weighted by Crippen LogP contribution is 2.20.